The van der Waals surface area contributed by atoms with Gasteiger partial charge in [-0.2, -0.15) is 0 Å². The summed E-state index contributed by atoms with van der Waals surface area (Å²) in [5, 5.41) is 0. The van der Waals surface area contributed by atoms with Crippen molar-refractivity contribution in [2.75, 3.05) is 34.0 Å². The topological polar surface area (TPSA) is 180 Å². The Morgan fingerprint density at radius 1 is 1.09 bits per heavy atom. The third kappa shape index (κ3) is 9.32. The Hall–Kier alpha value is -4.18. The average molecular weight is 829 g/mol. The molecule has 3 heterocycles. The second kappa shape index (κ2) is 16.8. The van der Waals surface area contributed by atoms with Gasteiger partial charge in [-0.3, -0.25) is 23.9 Å². The number of methoxy groups -OCH3 is 2. The zero-order valence-corrected chi connectivity index (χ0v) is 35.4. The maximum atomic E-state index is 15.1. The van der Waals surface area contributed by atoms with E-state index in [1.807, 2.05) is 12.2 Å². The number of amides is 2. The van der Waals surface area contributed by atoms with Gasteiger partial charge in [0.2, 0.25) is 27.7 Å². The summed E-state index contributed by atoms with van der Waals surface area (Å²) in [5.41, 5.74) is -0.596. The number of halogens is 1. The van der Waals surface area contributed by atoms with Gasteiger partial charge in [-0.15, -0.1) is 0 Å². The molecule has 4 aliphatic rings. The van der Waals surface area contributed by atoms with Crippen LogP contribution in [0.5, 0.6) is 11.6 Å². The second-order valence-corrected chi connectivity index (χ2v) is 19.8. The first-order valence-corrected chi connectivity index (χ1v) is 21.6. The lowest BCUT2D eigenvalue weighted by atomic mass is 9.81. The number of sulfonamides is 1. The maximum absolute atomic E-state index is 15.1. The van der Waals surface area contributed by atoms with Gasteiger partial charge in [0.05, 0.1) is 48.5 Å². The molecule has 2 aromatic rings. The molecule has 16 heteroatoms. The van der Waals surface area contributed by atoms with E-state index < -0.39 is 85.9 Å². The molecule has 0 unspecified atom stereocenters. The van der Waals surface area contributed by atoms with Crippen LogP contribution in [0.15, 0.2) is 30.4 Å². The summed E-state index contributed by atoms with van der Waals surface area (Å²) in [6, 6.07) is 4.19. The number of fused-ring (bicyclic) bond motifs is 3. The van der Waals surface area contributed by atoms with Crippen LogP contribution in [0.2, 0.25) is 0 Å². The smallest absolute Gasteiger partial charge is 0.307 e. The summed E-state index contributed by atoms with van der Waals surface area (Å²) >= 11 is 0. The number of rotatable bonds is 11. The Bertz CT molecular complexity index is 2050. The van der Waals surface area contributed by atoms with E-state index in [0.717, 1.165) is 6.42 Å². The van der Waals surface area contributed by atoms with Gasteiger partial charge in [0.15, 0.2) is 5.78 Å². The Morgan fingerprint density at radius 3 is 2.48 bits per heavy atom. The minimum atomic E-state index is -4.36. The van der Waals surface area contributed by atoms with Crippen LogP contribution in [-0.4, -0.2) is 103 Å². The SMILES string of the molecule is COC[C@@H]1C[C@@H](C)CC/C=C\[C@@H]2C[C@@]2(C(=O)NS(=O)(=O)C2(CF)CC2)CC(=O)[C@@H]2C[C@@H](Oc3nc4cc(OC)ccc4nc3C)CN2C(=O)[C@H]1CC(=O)OC(C)(C)C. The quantitative estimate of drug-likeness (QED) is 0.232. The lowest BCUT2D eigenvalue weighted by Crippen LogP contribution is -2.49. The minimum absolute atomic E-state index is 0.0355. The molecule has 2 aliphatic heterocycles. The molecule has 14 nitrogen and oxygen atoms in total. The molecule has 1 saturated heterocycles. The molecule has 0 radical (unpaired) electrons. The number of aromatic nitrogens is 2. The van der Waals surface area contributed by atoms with Crippen LogP contribution in [-0.2, 0) is 38.7 Å². The van der Waals surface area contributed by atoms with Gasteiger partial charge < -0.3 is 23.8 Å². The van der Waals surface area contributed by atoms with Crippen LogP contribution >= 0.6 is 0 Å². The normalized spacial score (nSPS) is 29.3. The first kappa shape index (κ1) is 43.4. The molecule has 2 saturated carbocycles. The van der Waals surface area contributed by atoms with Crippen LogP contribution < -0.4 is 14.2 Å². The van der Waals surface area contributed by atoms with Crippen LogP contribution in [0.3, 0.4) is 0 Å². The number of alkyl halides is 1. The summed E-state index contributed by atoms with van der Waals surface area (Å²) in [4.78, 5) is 68.1. The number of Topliss-reactive ketones (excluding diaryl/α,β-unsaturated/α-hetero) is 1. The standard InChI is InChI=1S/C42H57FN4O10S/c1-25-10-8-9-11-28-20-42(28,39(51)46-58(52,53)41(24-43)14-15-41)21-35(48)34-18-30(56-37-26(2)44-32-13-12-29(55-7)17-33(32)45-37)22-47(34)38(50)31(27(16-25)23-54-6)19-36(49)57-40(3,4)5/h9,11-13,17,25,27-28,30-31,34H,8,10,14-16,18-24H2,1-7H3,(H,46,51)/b11-9-/t25-,27-,28+,30+,31-,34-,42+/m0/s1. The summed E-state index contributed by atoms with van der Waals surface area (Å²) in [5.74, 6) is -3.21. The number of allylic oxidation sites excluding steroid dienone is 2. The molecule has 1 N–H and O–H groups in total. The fraction of sp³-hybridized carbons (Fsp3) is 0.667. The number of nitrogens with one attached hydrogen (secondary N) is 1. The van der Waals surface area contributed by atoms with Crippen molar-refractivity contribution in [1.29, 1.82) is 0 Å². The van der Waals surface area contributed by atoms with Crippen LogP contribution in [0, 0.1) is 36.0 Å². The zero-order chi connectivity index (χ0) is 42.2. The molecular formula is C42H57FN4O10S. The predicted molar refractivity (Wildman–Crippen MR) is 212 cm³/mol. The number of esters is 1. The van der Waals surface area contributed by atoms with Gasteiger partial charge in [-0.1, -0.05) is 19.1 Å². The van der Waals surface area contributed by atoms with Crippen LogP contribution in [0.1, 0.15) is 91.2 Å². The number of aryl methyl sites for hydroxylation is 1. The zero-order valence-electron chi connectivity index (χ0n) is 34.5. The molecular weight excluding hydrogens is 772 g/mol. The van der Waals surface area contributed by atoms with Gasteiger partial charge in [0, 0.05) is 32.6 Å². The van der Waals surface area contributed by atoms with E-state index in [-0.39, 0.29) is 63.5 Å². The second-order valence-electron chi connectivity index (χ2n) is 17.8. The van der Waals surface area contributed by atoms with E-state index >= 15 is 4.79 Å². The number of hydrogen-bond donors (Lipinski definition) is 1. The molecule has 2 amide bonds. The van der Waals surface area contributed by atoms with Crippen molar-refractivity contribution in [2.45, 2.75) is 115 Å². The van der Waals surface area contributed by atoms with Crippen molar-refractivity contribution in [1.82, 2.24) is 19.6 Å². The molecule has 58 heavy (non-hydrogen) atoms. The van der Waals surface area contributed by atoms with Crippen molar-refractivity contribution >= 4 is 44.6 Å². The molecule has 3 fully saturated rings. The monoisotopic (exact) mass is 828 g/mol. The third-order valence-electron chi connectivity index (χ3n) is 12.1. The Balaban J connectivity index is 1.37. The number of nitrogens with zero attached hydrogens (tertiary/aromatic N) is 3. The first-order valence-electron chi connectivity index (χ1n) is 20.2. The van der Waals surface area contributed by atoms with Crippen molar-refractivity contribution < 1.29 is 50.9 Å². The number of carbonyl (C=O) groups excluding carboxylic acids is 4. The van der Waals surface area contributed by atoms with E-state index in [1.54, 1.807) is 60.1 Å². The van der Waals surface area contributed by atoms with E-state index in [1.165, 1.54) is 4.90 Å². The first-order chi connectivity index (χ1) is 27.3. The summed E-state index contributed by atoms with van der Waals surface area (Å²) in [6.45, 7) is 8.09. The lowest BCUT2D eigenvalue weighted by Gasteiger charge is -2.33. The highest BCUT2D eigenvalue weighted by atomic mass is 32.2. The van der Waals surface area contributed by atoms with Crippen molar-refractivity contribution in [2.24, 2.45) is 29.1 Å². The molecule has 1 aromatic heterocycles. The number of ether oxygens (including phenoxy) is 4. The highest BCUT2D eigenvalue weighted by molar-refractivity contribution is 7.91. The number of ketones is 1. The van der Waals surface area contributed by atoms with Crippen molar-refractivity contribution in [3.05, 3.63) is 36.0 Å². The van der Waals surface area contributed by atoms with Gasteiger partial charge in [0.1, 0.15) is 34.6 Å². The maximum Gasteiger partial charge on any atom is 0.307 e. The molecule has 1 aromatic carbocycles. The largest absolute Gasteiger partial charge is 0.497 e. The van der Waals surface area contributed by atoms with E-state index in [4.69, 9.17) is 23.9 Å². The van der Waals surface area contributed by atoms with Gasteiger partial charge in [-0.25, -0.2) is 22.8 Å². The third-order valence-corrected chi connectivity index (χ3v) is 14.2. The number of carbonyl (C=O) groups is 4. The summed E-state index contributed by atoms with van der Waals surface area (Å²) < 4.78 is 64.1. The average Bonchev–Trinajstić information content (AvgIpc) is 4.06. The van der Waals surface area contributed by atoms with Crippen molar-refractivity contribution in [3.8, 4) is 11.6 Å². The van der Waals surface area contributed by atoms with Crippen LogP contribution in [0.25, 0.3) is 11.0 Å². The van der Waals surface area contributed by atoms with Gasteiger partial charge >= 0.3 is 5.97 Å². The lowest BCUT2D eigenvalue weighted by molar-refractivity contribution is -0.160. The molecule has 7 atom stereocenters. The van der Waals surface area contributed by atoms with Crippen LogP contribution in [0.4, 0.5) is 4.39 Å². The summed E-state index contributed by atoms with van der Waals surface area (Å²) in [6.07, 6.45) is 4.81. The Morgan fingerprint density at radius 2 is 1.83 bits per heavy atom. The minimum Gasteiger partial charge on any atom is -0.497 e. The summed E-state index contributed by atoms with van der Waals surface area (Å²) in [7, 11) is -1.27. The van der Waals surface area contributed by atoms with Crippen molar-refractivity contribution in [3.63, 3.8) is 0 Å². The van der Waals surface area contributed by atoms with E-state index in [9.17, 15) is 27.2 Å². The molecule has 0 bridgehead atoms. The highest BCUT2D eigenvalue weighted by Crippen LogP contribution is 2.58. The van der Waals surface area contributed by atoms with Gasteiger partial charge in [-0.05, 0) is 96.1 Å². The Kier molecular flexibility index (Phi) is 12.6. The molecule has 0 spiro atoms. The molecule has 6 rings (SSSR count). The Labute approximate surface area is 340 Å². The van der Waals surface area contributed by atoms with E-state index in [0.29, 0.717) is 35.3 Å². The number of benzene rings is 1. The molecule has 2 aliphatic carbocycles. The predicted octanol–water partition coefficient (Wildman–Crippen LogP) is 5.20. The molecule has 318 valence electrons. The fourth-order valence-corrected chi connectivity index (χ4v) is 9.96. The highest BCUT2D eigenvalue weighted by Gasteiger charge is 2.63. The fourth-order valence-electron chi connectivity index (χ4n) is 8.51. The van der Waals surface area contributed by atoms with Gasteiger partial charge in [0.25, 0.3) is 0 Å². The number of hydrogen-bond acceptors (Lipinski definition) is 12. The van der Waals surface area contributed by atoms with E-state index in [2.05, 4.69) is 16.6 Å².